The fraction of sp³-hybridized carbons (Fsp3) is 0.273. The molecule has 18 heavy (non-hydrogen) atoms. The Kier molecular flexibility index (Phi) is 3.86. The number of sulfonamides is 1. The summed E-state index contributed by atoms with van der Waals surface area (Å²) < 4.78 is 31.5. The second-order valence-electron chi connectivity index (χ2n) is 3.75. The molecule has 2 aromatic heterocycles. The predicted molar refractivity (Wildman–Crippen MR) is 67.7 cm³/mol. The molecule has 0 radical (unpaired) electrons. The van der Waals surface area contributed by atoms with Gasteiger partial charge < -0.3 is 9.52 Å². The van der Waals surface area contributed by atoms with Gasteiger partial charge in [-0.05, 0) is 19.1 Å². The highest BCUT2D eigenvalue weighted by atomic mass is 32.2. The first-order valence-corrected chi connectivity index (χ1v) is 7.54. The van der Waals surface area contributed by atoms with Crippen molar-refractivity contribution < 1.29 is 17.9 Å². The van der Waals surface area contributed by atoms with Gasteiger partial charge in [-0.25, -0.2) is 13.1 Å². The van der Waals surface area contributed by atoms with Crippen LogP contribution < -0.4 is 4.72 Å². The molecule has 0 saturated heterocycles. The first-order valence-electron chi connectivity index (χ1n) is 5.24. The molecule has 0 aliphatic heterocycles. The van der Waals surface area contributed by atoms with E-state index >= 15 is 0 Å². The van der Waals surface area contributed by atoms with Gasteiger partial charge in [-0.3, -0.25) is 0 Å². The Balaban J connectivity index is 2.17. The molecule has 0 aliphatic rings. The van der Waals surface area contributed by atoms with Gasteiger partial charge in [0.05, 0.1) is 24.0 Å². The number of hydrogen-bond acceptors (Lipinski definition) is 5. The normalized spacial score (nSPS) is 11.9. The maximum Gasteiger partial charge on any atom is 0.241 e. The van der Waals surface area contributed by atoms with Gasteiger partial charge in [0.25, 0.3) is 0 Å². The van der Waals surface area contributed by atoms with Gasteiger partial charge in [0.15, 0.2) is 0 Å². The van der Waals surface area contributed by atoms with E-state index in [2.05, 4.69) is 4.72 Å². The van der Waals surface area contributed by atoms with Gasteiger partial charge in [0.1, 0.15) is 0 Å². The zero-order chi connectivity index (χ0) is 13.2. The zero-order valence-corrected chi connectivity index (χ0v) is 11.3. The molecular formula is C11H13NO4S2. The van der Waals surface area contributed by atoms with Crippen molar-refractivity contribution in [1.29, 1.82) is 0 Å². The topological polar surface area (TPSA) is 79.5 Å². The lowest BCUT2D eigenvalue weighted by Gasteiger charge is -2.04. The first kappa shape index (κ1) is 13.3. The number of nitrogens with one attached hydrogen (secondary N) is 1. The molecule has 0 aromatic carbocycles. The third kappa shape index (κ3) is 2.81. The standard InChI is InChI=1S/C11H13NO4S2/c1-8-11(4-10(6-13)17-8)18(14,15)12-5-9-2-3-16-7-9/h2-4,7,12-13H,5-6H2,1H3. The van der Waals surface area contributed by atoms with Crippen molar-refractivity contribution in [3.63, 3.8) is 0 Å². The van der Waals surface area contributed by atoms with Gasteiger partial charge in [-0.2, -0.15) is 0 Å². The first-order chi connectivity index (χ1) is 8.53. The van der Waals surface area contributed by atoms with Crippen LogP contribution in [0.4, 0.5) is 0 Å². The minimum absolute atomic E-state index is 0.150. The molecule has 0 saturated carbocycles. The number of rotatable bonds is 5. The van der Waals surface area contributed by atoms with E-state index < -0.39 is 10.0 Å². The average molecular weight is 287 g/mol. The number of furan rings is 1. The van der Waals surface area contributed by atoms with Crippen molar-refractivity contribution >= 4 is 21.4 Å². The molecule has 0 bridgehead atoms. The highest BCUT2D eigenvalue weighted by Crippen LogP contribution is 2.25. The zero-order valence-electron chi connectivity index (χ0n) is 9.71. The van der Waals surface area contributed by atoms with E-state index in [-0.39, 0.29) is 18.0 Å². The van der Waals surface area contributed by atoms with Gasteiger partial charge in [-0.15, -0.1) is 11.3 Å². The van der Waals surface area contributed by atoms with Crippen molar-refractivity contribution in [3.8, 4) is 0 Å². The van der Waals surface area contributed by atoms with Crippen molar-refractivity contribution in [3.05, 3.63) is 40.0 Å². The Morgan fingerprint density at radius 2 is 2.28 bits per heavy atom. The van der Waals surface area contributed by atoms with Crippen molar-refractivity contribution in [2.24, 2.45) is 0 Å². The molecular weight excluding hydrogens is 274 g/mol. The highest BCUT2D eigenvalue weighted by molar-refractivity contribution is 7.89. The number of aliphatic hydroxyl groups is 1. The van der Waals surface area contributed by atoms with E-state index in [1.54, 1.807) is 13.0 Å². The van der Waals surface area contributed by atoms with E-state index in [0.717, 1.165) is 5.56 Å². The lowest BCUT2D eigenvalue weighted by atomic mass is 10.4. The average Bonchev–Trinajstić information content (AvgIpc) is 2.95. The van der Waals surface area contributed by atoms with Gasteiger partial charge in [-0.1, -0.05) is 0 Å². The lowest BCUT2D eigenvalue weighted by molar-refractivity contribution is 0.285. The van der Waals surface area contributed by atoms with Crippen molar-refractivity contribution in [1.82, 2.24) is 4.72 Å². The summed E-state index contributed by atoms with van der Waals surface area (Å²) in [6.07, 6.45) is 2.98. The summed E-state index contributed by atoms with van der Waals surface area (Å²) in [5.74, 6) is 0. The fourth-order valence-corrected chi connectivity index (χ4v) is 4.03. The van der Waals surface area contributed by atoms with Crippen LogP contribution in [0.5, 0.6) is 0 Å². The lowest BCUT2D eigenvalue weighted by Crippen LogP contribution is -2.23. The van der Waals surface area contributed by atoms with Crippen LogP contribution in [0.2, 0.25) is 0 Å². The van der Waals surface area contributed by atoms with E-state index in [9.17, 15) is 8.42 Å². The van der Waals surface area contributed by atoms with Crippen LogP contribution in [-0.2, 0) is 23.2 Å². The fourth-order valence-electron chi connectivity index (χ4n) is 1.52. The van der Waals surface area contributed by atoms with Crippen LogP contribution in [-0.4, -0.2) is 13.5 Å². The molecule has 2 heterocycles. The van der Waals surface area contributed by atoms with Gasteiger partial charge in [0, 0.05) is 21.9 Å². The Labute approximate surface area is 109 Å². The largest absolute Gasteiger partial charge is 0.472 e. The molecule has 7 heteroatoms. The summed E-state index contributed by atoms with van der Waals surface area (Å²) in [5.41, 5.74) is 0.758. The predicted octanol–water partition coefficient (Wildman–Crippen LogP) is 1.62. The highest BCUT2D eigenvalue weighted by Gasteiger charge is 2.19. The SMILES string of the molecule is Cc1sc(CO)cc1S(=O)(=O)NCc1ccoc1. The third-order valence-electron chi connectivity index (χ3n) is 2.42. The van der Waals surface area contributed by atoms with Crippen LogP contribution in [0.15, 0.2) is 34.0 Å². The molecule has 2 aromatic rings. The summed E-state index contributed by atoms with van der Waals surface area (Å²) in [5, 5.41) is 9.00. The molecule has 2 N–H and O–H groups in total. The molecule has 0 unspecified atom stereocenters. The second-order valence-corrected chi connectivity index (χ2v) is 6.82. The number of aliphatic hydroxyl groups excluding tert-OH is 1. The maximum atomic E-state index is 12.1. The van der Waals surface area contributed by atoms with Crippen LogP contribution in [0.1, 0.15) is 15.3 Å². The summed E-state index contributed by atoms with van der Waals surface area (Å²) >= 11 is 1.28. The van der Waals surface area contributed by atoms with Gasteiger partial charge >= 0.3 is 0 Å². The van der Waals surface area contributed by atoms with Crippen molar-refractivity contribution in [2.45, 2.75) is 25.0 Å². The summed E-state index contributed by atoms with van der Waals surface area (Å²) in [4.78, 5) is 1.52. The monoisotopic (exact) mass is 287 g/mol. The van der Waals surface area contributed by atoms with Crippen LogP contribution in [0, 0.1) is 6.92 Å². The van der Waals surface area contributed by atoms with Crippen LogP contribution >= 0.6 is 11.3 Å². The Bertz CT molecular complexity index is 614. The maximum absolute atomic E-state index is 12.1. The smallest absolute Gasteiger partial charge is 0.241 e. The molecule has 0 atom stereocenters. The van der Waals surface area contributed by atoms with Gasteiger partial charge in [0.2, 0.25) is 10.0 Å². The molecule has 0 spiro atoms. The third-order valence-corrected chi connectivity index (χ3v) is 5.11. The molecule has 0 fully saturated rings. The quantitative estimate of drug-likeness (QED) is 0.876. The molecule has 0 aliphatic carbocycles. The van der Waals surface area contributed by atoms with Crippen molar-refractivity contribution in [2.75, 3.05) is 0 Å². The Hall–Kier alpha value is -1.15. The van der Waals surface area contributed by atoms with Crippen LogP contribution in [0.25, 0.3) is 0 Å². The van der Waals surface area contributed by atoms with E-state index in [4.69, 9.17) is 9.52 Å². The Morgan fingerprint density at radius 3 is 2.83 bits per heavy atom. The number of aryl methyl sites for hydroxylation is 1. The van der Waals surface area contributed by atoms with Crippen LogP contribution in [0.3, 0.4) is 0 Å². The van der Waals surface area contributed by atoms with E-state index in [0.29, 0.717) is 9.75 Å². The summed E-state index contributed by atoms with van der Waals surface area (Å²) in [6, 6.07) is 3.19. The number of thiophene rings is 1. The second kappa shape index (κ2) is 5.23. The Morgan fingerprint density at radius 1 is 1.50 bits per heavy atom. The van der Waals surface area contributed by atoms with E-state index in [1.807, 2.05) is 0 Å². The van der Waals surface area contributed by atoms with E-state index in [1.165, 1.54) is 29.9 Å². The summed E-state index contributed by atoms with van der Waals surface area (Å²) in [6.45, 7) is 1.75. The minimum atomic E-state index is -3.55. The molecule has 5 nitrogen and oxygen atoms in total. The minimum Gasteiger partial charge on any atom is -0.472 e. The summed E-state index contributed by atoms with van der Waals surface area (Å²) in [7, 11) is -3.55. The number of hydrogen-bond donors (Lipinski definition) is 2. The molecule has 2 rings (SSSR count). The molecule has 0 amide bonds. The molecule has 98 valence electrons.